The highest BCUT2D eigenvalue weighted by molar-refractivity contribution is 7.15. The van der Waals surface area contributed by atoms with Crippen LogP contribution in [0.2, 0.25) is 5.02 Å². The molecule has 0 spiro atoms. The topological polar surface area (TPSA) is 65.7 Å². The third-order valence-corrected chi connectivity index (χ3v) is 6.37. The summed E-state index contributed by atoms with van der Waals surface area (Å²) in [6.07, 6.45) is 1.81. The number of ether oxygens (including phenoxy) is 2. The smallest absolute Gasteiger partial charge is 0.276 e. The van der Waals surface area contributed by atoms with Crippen LogP contribution in [-0.2, 0) is 6.61 Å². The van der Waals surface area contributed by atoms with Crippen molar-refractivity contribution < 1.29 is 9.47 Å². The van der Waals surface area contributed by atoms with E-state index in [2.05, 4.69) is 10.2 Å². The Morgan fingerprint density at radius 3 is 2.58 bits per heavy atom. The number of methoxy groups -OCH3 is 1. The summed E-state index contributed by atoms with van der Waals surface area (Å²) in [7, 11) is 1.59. The van der Waals surface area contributed by atoms with Crippen LogP contribution >= 0.6 is 22.9 Å². The van der Waals surface area contributed by atoms with Crippen molar-refractivity contribution >= 4 is 34.0 Å². The summed E-state index contributed by atoms with van der Waals surface area (Å²) in [5.74, 6) is 1.65. The highest BCUT2D eigenvalue weighted by Gasteiger charge is 2.16. The number of thiazole rings is 1. The Labute approximate surface area is 198 Å². The molecule has 0 fully saturated rings. The van der Waals surface area contributed by atoms with E-state index in [1.807, 2.05) is 72.8 Å². The largest absolute Gasteiger partial charge is 0.493 e. The van der Waals surface area contributed by atoms with E-state index in [0.717, 1.165) is 11.1 Å². The summed E-state index contributed by atoms with van der Waals surface area (Å²) in [5.41, 5.74) is 2.34. The first kappa shape index (κ1) is 21.2. The van der Waals surface area contributed by atoms with Crippen molar-refractivity contribution in [3.63, 3.8) is 0 Å². The summed E-state index contributed by atoms with van der Waals surface area (Å²) in [6.45, 7) is 0.435. The molecule has 0 amide bonds. The Balaban J connectivity index is 1.49. The molecule has 0 bridgehead atoms. The maximum absolute atomic E-state index is 13.1. The second-order valence-electron chi connectivity index (χ2n) is 7.22. The van der Waals surface area contributed by atoms with Gasteiger partial charge in [-0.1, -0.05) is 71.5 Å². The van der Waals surface area contributed by atoms with E-state index < -0.39 is 0 Å². The molecule has 0 aliphatic carbocycles. The highest BCUT2D eigenvalue weighted by atomic mass is 35.5. The van der Waals surface area contributed by atoms with Crippen LogP contribution in [0.4, 0.5) is 0 Å². The number of hydrogen-bond donors (Lipinski definition) is 0. The molecule has 5 aromatic rings. The van der Waals surface area contributed by atoms with E-state index in [4.69, 9.17) is 21.1 Å². The lowest BCUT2D eigenvalue weighted by Crippen LogP contribution is -2.23. The molecule has 0 unspecified atom stereocenters. The predicted molar refractivity (Wildman–Crippen MR) is 130 cm³/mol. The fourth-order valence-corrected chi connectivity index (χ4v) is 4.59. The summed E-state index contributed by atoms with van der Waals surface area (Å²) < 4.78 is 13.5. The average Bonchev–Trinajstić information content (AvgIpc) is 3.39. The number of hydrogen-bond acceptors (Lipinski definition) is 6. The number of aromatic nitrogens is 3. The lowest BCUT2D eigenvalue weighted by atomic mass is 10.2. The molecule has 6 nitrogen and oxygen atoms in total. The Kier molecular flexibility index (Phi) is 5.81. The van der Waals surface area contributed by atoms with Gasteiger partial charge in [-0.25, -0.2) is 4.40 Å². The van der Waals surface area contributed by atoms with Gasteiger partial charge in [-0.05, 0) is 41.5 Å². The molecule has 0 N–H and O–H groups in total. The van der Waals surface area contributed by atoms with Gasteiger partial charge in [-0.15, -0.1) is 10.2 Å². The first-order chi connectivity index (χ1) is 16.1. The SMILES string of the molecule is COc1cc(/C=c2\sc3nnc(-c4ccccc4Cl)n3c2=O)ccc1OCc1ccccc1. The van der Waals surface area contributed by atoms with Crippen molar-refractivity contribution in [3.05, 3.63) is 104 Å². The Hall–Kier alpha value is -3.68. The van der Waals surface area contributed by atoms with E-state index >= 15 is 0 Å². The Morgan fingerprint density at radius 2 is 1.79 bits per heavy atom. The van der Waals surface area contributed by atoms with Gasteiger partial charge < -0.3 is 9.47 Å². The minimum absolute atomic E-state index is 0.196. The highest BCUT2D eigenvalue weighted by Crippen LogP contribution is 2.29. The molecule has 0 saturated heterocycles. The van der Waals surface area contributed by atoms with Crippen LogP contribution < -0.4 is 19.6 Å². The second kappa shape index (κ2) is 9.05. The molecule has 0 aliphatic heterocycles. The number of nitrogens with zero attached hydrogens (tertiary/aromatic N) is 3. The quantitative estimate of drug-likeness (QED) is 0.359. The monoisotopic (exact) mass is 475 g/mol. The summed E-state index contributed by atoms with van der Waals surface area (Å²) in [5, 5.41) is 8.85. The lowest BCUT2D eigenvalue weighted by Gasteiger charge is -2.11. The van der Waals surface area contributed by atoms with Crippen molar-refractivity contribution in [1.82, 2.24) is 14.6 Å². The van der Waals surface area contributed by atoms with E-state index in [-0.39, 0.29) is 5.56 Å². The lowest BCUT2D eigenvalue weighted by molar-refractivity contribution is 0.284. The van der Waals surface area contributed by atoms with Gasteiger partial charge >= 0.3 is 0 Å². The third-order valence-electron chi connectivity index (χ3n) is 5.09. The van der Waals surface area contributed by atoms with Gasteiger partial charge in [0.2, 0.25) is 4.96 Å². The zero-order valence-corrected chi connectivity index (χ0v) is 19.1. The molecular weight excluding hydrogens is 458 g/mol. The van der Waals surface area contributed by atoms with Gasteiger partial charge in [0, 0.05) is 5.56 Å². The van der Waals surface area contributed by atoms with Gasteiger partial charge in [0.05, 0.1) is 16.7 Å². The van der Waals surface area contributed by atoms with Crippen LogP contribution in [0.3, 0.4) is 0 Å². The molecule has 2 aromatic heterocycles. The molecular formula is C25H18ClN3O3S. The van der Waals surface area contributed by atoms with Crippen molar-refractivity contribution in [2.75, 3.05) is 7.11 Å². The molecule has 164 valence electrons. The number of benzene rings is 3. The van der Waals surface area contributed by atoms with Gasteiger partial charge in [-0.3, -0.25) is 4.79 Å². The van der Waals surface area contributed by atoms with Gasteiger partial charge in [0.1, 0.15) is 6.61 Å². The van der Waals surface area contributed by atoms with Gasteiger partial charge in [-0.2, -0.15) is 0 Å². The molecule has 0 aliphatic rings. The van der Waals surface area contributed by atoms with E-state index in [1.165, 1.54) is 15.7 Å². The molecule has 8 heteroatoms. The summed E-state index contributed by atoms with van der Waals surface area (Å²) in [4.78, 5) is 13.7. The fraction of sp³-hybridized carbons (Fsp3) is 0.0800. The van der Waals surface area contributed by atoms with Crippen molar-refractivity contribution in [3.8, 4) is 22.9 Å². The molecule has 33 heavy (non-hydrogen) atoms. The molecule has 2 heterocycles. The van der Waals surface area contributed by atoms with Crippen LogP contribution in [0, 0.1) is 0 Å². The van der Waals surface area contributed by atoms with E-state index in [9.17, 15) is 4.79 Å². The van der Waals surface area contributed by atoms with E-state index in [1.54, 1.807) is 13.2 Å². The van der Waals surface area contributed by atoms with Crippen LogP contribution in [0.1, 0.15) is 11.1 Å². The van der Waals surface area contributed by atoms with Crippen LogP contribution in [-0.4, -0.2) is 21.7 Å². The third kappa shape index (κ3) is 4.20. The Morgan fingerprint density at radius 1 is 1.00 bits per heavy atom. The maximum atomic E-state index is 13.1. The maximum Gasteiger partial charge on any atom is 0.276 e. The first-order valence-electron chi connectivity index (χ1n) is 10.1. The zero-order valence-electron chi connectivity index (χ0n) is 17.6. The standard InChI is InChI=1S/C25H18ClN3O3S/c1-31-21-13-17(11-12-20(21)32-15-16-7-3-2-4-8-16)14-22-24(30)29-23(27-28-25(29)33-22)18-9-5-6-10-19(18)26/h2-14H,15H2,1H3/b22-14-. The second-order valence-corrected chi connectivity index (χ2v) is 8.64. The molecule has 0 atom stereocenters. The van der Waals surface area contributed by atoms with Crippen molar-refractivity contribution in [1.29, 1.82) is 0 Å². The molecule has 5 rings (SSSR count). The zero-order chi connectivity index (χ0) is 22.8. The predicted octanol–water partition coefficient (Wildman–Crippen LogP) is 4.61. The van der Waals surface area contributed by atoms with Crippen LogP contribution in [0.5, 0.6) is 11.5 Å². The van der Waals surface area contributed by atoms with Crippen molar-refractivity contribution in [2.24, 2.45) is 0 Å². The first-order valence-corrected chi connectivity index (χ1v) is 11.3. The van der Waals surface area contributed by atoms with Crippen molar-refractivity contribution in [2.45, 2.75) is 6.61 Å². The van der Waals surface area contributed by atoms with Crippen LogP contribution in [0.15, 0.2) is 77.6 Å². The summed E-state index contributed by atoms with van der Waals surface area (Å²) >= 11 is 7.58. The number of rotatable bonds is 6. The average molecular weight is 476 g/mol. The fourth-order valence-electron chi connectivity index (χ4n) is 3.46. The molecule has 0 saturated carbocycles. The van der Waals surface area contributed by atoms with Crippen LogP contribution in [0.25, 0.3) is 22.4 Å². The number of fused-ring (bicyclic) bond motifs is 1. The normalized spacial score (nSPS) is 11.8. The Bertz CT molecular complexity index is 1550. The molecule has 3 aromatic carbocycles. The summed E-state index contributed by atoms with van der Waals surface area (Å²) in [6, 6.07) is 22.7. The minimum Gasteiger partial charge on any atom is -0.493 e. The number of halogens is 1. The van der Waals surface area contributed by atoms with Gasteiger partial charge in [0.15, 0.2) is 17.3 Å². The minimum atomic E-state index is -0.196. The molecule has 0 radical (unpaired) electrons. The van der Waals surface area contributed by atoms with E-state index in [0.29, 0.717) is 44.0 Å². The van der Waals surface area contributed by atoms with Gasteiger partial charge in [0.25, 0.3) is 5.56 Å².